The molecule has 0 saturated heterocycles. The lowest BCUT2D eigenvalue weighted by atomic mass is 10.00. The molecule has 0 saturated carbocycles. The molecule has 0 unspecified atom stereocenters. The van der Waals surface area contributed by atoms with E-state index in [2.05, 4.69) is 53.4 Å². The zero-order valence-electron chi connectivity index (χ0n) is 22.1. The number of pyridine rings is 1. The number of aryl methyl sites for hydroxylation is 1. The van der Waals surface area contributed by atoms with E-state index in [0.29, 0.717) is 24.1 Å². The SMILES string of the molecule is C[n+]1ccc(CCN2C(=O)c3ccc(-c4ccc(N(c5ccccc5)c5ccccc5)cc4)cc3C2=O)cc1.[I-]. The van der Waals surface area contributed by atoms with Crippen LogP contribution in [0, 0.1) is 0 Å². The molecule has 2 amide bonds. The molecule has 0 atom stereocenters. The van der Waals surface area contributed by atoms with Gasteiger partial charge in [0, 0.05) is 35.7 Å². The van der Waals surface area contributed by atoms with Crippen LogP contribution in [0.1, 0.15) is 26.3 Å². The molecule has 0 aliphatic carbocycles. The topological polar surface area (TPSA) is 44.5 Å². The first-order chi connectivity index (χ1) is 19.1. The van der Waals surface area contributed by atoms with Gasteiger partial charge in [-0.1, -0.05) is 54.6 Å². The van der Waals surface area contributed by atoms with E-state index in [9.17, 15) is 9.59 Å². The first-order valence-corrected chi connectivity index (χ1v) is 13.0. The zero-order valence-corrected chi connectivity index (χ0v) is 24.2. The quantitative estimate of drug-likeness (QED) is 0.156. The van der Waals surface area contributed by atoms with Gasteiger partial charge in [0.2, 0.25) is 0 Å². The number of hydrogen-bond donors (Lipinski definition) is 0. The highest BCUT2D eigenvalue weighted by molar-refractivity contribution is 6.21. The first-order valence-electron chi connectivity index (χ1n) is 13.0. The van der Waals surface area contributed by atoms with Gasteiger partial charge in [0.1, 0.15) is 7.05 Å². The van der Waals surface area contributed by atoms with Crippen LogP contribution < -0.4 is 33.4 Å². The fourth-order valence-corrected chi connectivity index (χ4v) is 5.02. The van der Waals surface area contributed by atoms with E-state index in [1.54, 1.807) is 6.07 Å². The summed E-state index contributed by atoms with van der Waals surface area (Å²) in [7, 11) is 1.96. The molecule has 5 nitrogen and oxygen atoms in total. The van der Waals surface area contributed by atoms with Crippen LogP contribution in [0.25, 0.3) is 11.1 Å². The summed E-state index contributed by atoms with van der Waals surface area (Å²) in [6.07, 6.45) is 4.56. The number of aromatic nitrogens is 1. The van der Waals surface area contributed by atoms with Crippen molar-refractivity contribution in [2.45, 2.75) is 6.42 Å². The van der Waals surface area contributed by atoms with Gasteiger partial charge in [-0.15, -0.1) is 0 Å². The van der Waals surface area contributed by atoms with Gasteiger partial charge < -0.3 is 28.9 Å². The molecule has 4 aromatic carbocycles. The Kier molecular flexibility index (Phi) is 8.07. The van der Waals surface area contributed by atoms with Gasteiger partial charge >= 0.3 is 0 Å². The normalized spacial score (nSPS) is 12.2. The predicted octanol–water partition coefficient (Wildman–Crippen LogP) is 3.49. The summed E-state index contributed by atoms with van der Waals surface area (Å²) in [4.78, 5) is 29.8. The summed E-state index contributed by atoms with van der Waals surface area (Å²) in [5.41, 5.74) is 7.10. The van der Waals surface area contributed by atoms with Gasteiger partial charge in [-0.2, -0.15) is 0 Å². The molecular formula is C34H28IN3O2. The van der Waals surface area contributed by atoms with Crippen molar-refractivity contribution in [3.05, 3.63) is 144 Å². The fourth-order valence-electron chi connectivity index (χ4n) is 5.02. The summed E-state index contributed by atoms with van der Waals surface area (Å²) in [5, 5.41) is 0. The largest absolute Gasteiger partial charge is 1.00 e. The number of amides is 2. The number of nitrogens with zero attached hydrogens (tertiary/aromatic N) is 3. The standard InChI is InChI=1S/C34H28N3O2.HI/c1-35-21-18-25(19-22-35)20-23-36-33(38)31-17-14-27(24-32(31)34(36)39)26-12-15-30(16-13-26)37(28-8-4-2-5-9-28)29-10-6-3-7-11-29;/h2-19,21-22,24H,20,23H2,1H3;1H/q+1;/p-1. The van der Waals surface area contributed by atoms with E-state index in [4.69, 9.17) is 0 Å². The molecule has 0 spiro atoms. The van der Waals surface area contributed by atoms with Crippen LogP contribution in [0.4, 0.5) is 17.1 Å². The maximum atomic E-state index is 13.2. The van der Waals surface area contributed by atoms with Crippen molar-refractivity contribution in [3.63, 3.8) is 0 Å². The van der Waals surface area contributed by atoms with E-state index in [-0.39, 0.29) is 35.8 Å². The molecule has 0 radical (unpaired) electrons. The summed E-state index contributed by atoms with van der Waals surface area (Å²) in [5.74, 6) is -0.450. The van der Waals surface area contributed by atoms with Crippen molar-refractivity contribution in [2.75, 3.05) is 11.4 Å². The van der Waals surface area contributed by atoms with Crippen LogP contribution in [0.3, 0.4) is 0 Å². The van der Waals surface area contributed by atoms with Crippen molar-refractivity contribution in [1.82, 2.24) is 4.90 Å². The van der Waals surface area contributed by atoms with Crippen LogP contribution >= 0.6 is 0 Å². The molecule has 5 aromatic rings. The number of rotatable bonds is 7. The zero-order chi connectivity index (χ0) is 26.8. The summed E-state index contributed by atoms with van der Waals surface area (Å²) >= 11 is 0. The van der Waals surface area contributed by atoms with Crippen LogP contribution in [-0.2, 0) is 13.5 Å². The lowest BCUT2D eigenvalue weighted by Gasteiger charge is -2.25. The predicted molar refractivity (Wildman–Crippen MR) is 153 cm³/mol. The molecule has 6 heteroatoms. The van der Waals surface area contributed by atoms with Gasteiger partial charge in [0.25, 0.3) is 11.8 Å². The fraction of sp³-hybridized carbons (Fsp3) is 0.0882. The minimum atomic E-state index is -0.228. The molecule has 40 heavy (non-hydrogen) atoms. The van der Waals surface area contributed by atoms with Gasteiger partial charge in [-0.3, -0.25) is 14.5 Å². The van der Waals surface area contributed by atoms with Gasteiger partial charge in [-0.25, -0.2) is 4.57 Å². The minimum Gasteiger partial charge on any atom is -1.00 e. The third kappa shape index (κ3) is 5.40. The Morgan fingerprint density at radius 2 is 1.15 bits per heavy atom. The molecule has 1 aliphatic rings. The van der Waals surface area contributed by atoms with E-state index in [0.717, 1.165) is 33.8 Å². The highest BCUT2D eigenvalue weighted by Gasteiger charge is 2.35. The van der Waals surface area contributed by atoms with Gasteiger partial charge in [-0.05, 0) is 71.6 Å². The molecular weight excluding hydrogens is 609 g/mol. The lowest BCUT2D eigenvalue weighted by molar-refractivity contribution is -0.671. The molecule has 198 valence electrons. The van der Waals surface area contributed by atoms with Gasteiger partial charge in [0.05, 0.1) is 11.1 Å². The summed E-state index contributed by atoms with van der Waals surface area (Å²) < 4.78 is 1.96. The Morgan fingerprint density at radius 3 is 1.75 bits per heavy atom. The molecule has 1 aliphatic heterocycles. The van der Waals surface area contributed by atoms with Crippen LogP contribution in [0.2, 0.25) is 0 Å². The van der Waals surface area contributed by atoms with Crippen molar-refractivity contribution in [1.29, 1.82) is 0 Å². The number of carbonyl (C=O) groups excluding carboxylic acids is 2. The number of para-hydroxylation sites is 2. The molecule has 0 bridgehead atoms. The van der Waals surface area contributed by atoms with Crippen LogP contribution in [0.5, 0.6) is 0 Å². The van der Waals surface area contributed by atoms with Crippen molar-refractivity contribution >= 4 is 28.9 Å². The van der Waals surface area contributed by atoms with Crippen molar-refractivity contribution in [2.24, 2.45) is 7.05 Å². The van der Waals surface area contributed by atoms with E-state index in [1.807, 2.05) is 84.7 Å². The lowest BCUT2D eigenvalue weighted by Crippen LogP contribution is -3.00. The van der Waals surface area contributed by atoms with E-state index >= 15 is 0 Å². The summed E-state index contributed by atoms with van der Waals surface area (Å²) in [6.45, 7) is 0.360. The second kappa shape index (κ2) is 11.8. The highest BCUT2D eigenvalue weighted by atomic mass is 127. The smallest absolute Gasteiger partial charge is 0.261 e. The summed E-state index contributed by atoms with van der Waals surface area (Å²) in [6, 6.07) is 38.4. The molecule has 1 aromatic heterocycles. The average molecular weight is 638 g/mol. The third-order valence-corrected chi connectivity index (χ3v) is 7.13. The van der Waals surface area contributed by atoms with Crippen molar-refractivity contribution in [3.8, 4) is 11.1 Å². The van der Waals surface area contributed by atoms with Crippen LogP contribution in [-0.4, -0.2) is 23.3 Å². The van der Waals surface area contributed by atoms with Crippen molar-refractivity contribution < 1.29 is 38.1 Å². The highest BCUT2D eigenvalue weighted by Crippen LogP contribution is 2.36. The number of hydrogen-bond acceptors (Lipinski definition) is 3. The minimum absolute atomic E-state index is 0. The number of benzene rings is 4. The first kappa shape index (κ1) is 27.3. The maximum absolute atomic E-state index is 13.2. The Balaban J connectivity index is 0.00000323. The second-order valence-electron chi connectivity index (χ2n) is 9.70. The van der Waals surface area contributed by atoms with E-state index in [1.165, 1.54) is 4.90 Å². The number of imide groups is 1. The van der Waals surface area contributed by atoms with Crippen LogP contribution in [0.15, 0.2) is 128 Å². The Bertz CT molecular complexity index is 1600. The third-order valence-electron chi connectivity index (χ3n) is 7.13. The second-order valence-corrected chi connectivity index (χ2v) is 9.70. The number of anilines is 3. The number of halogens is 1. The molecule has 0 N–H and O–H groups in total. The molecule has 6 rings (SSSR count). The Hall–Kier alpha value is -4.30. The molecule has 2 heterocycles. The average Bonchev–Trinajstić information content (AvgIpc) is 3.22. The monoisotopic (exact) mass is 637 g/mol. The van der Waals surface area contributed by atoms with Gasteiger partial charge in [0.15, 0.2) is 12.4 Å². The number of fused-ring (bicyclic) bond motifs is 1. The number of carbonyl (C=O) groups is 2. The molecule has 0 fully saturated rings. The Labute approximate surface area is 251 Å². The van der Waals surface area contributed by atoms with E-state index < -0.39 is 0 Å². The Morgan fingerprint density at radius 1 is 0.625 bits per heavy atom. The maximum Gasteiger partial charge on any atom is 0.261 e.